The number of nitrogens with one attached hydrogen (secondary N) is 1. The predicted octanol–water partition coefficient (Wildman–Crippen LogP) is 4.10. The maximum Gasteiger partial charge on any atom is 0.320 e. The number of urea groups is 1. The van der Waals surface area contributed by atoms with Gasteiger partial charge in [0.05, 0.1) is 24.6 Å². The summed E-state index contributed by atoms with van der Waals surface area (Å²) in [7, 11) is 2.10. The number of morpholine rings is 1. The van der Waals surface area contributed by atoms with Crippen molar-refractivity contribution in [2.24, 2.45) is 5.73 Å². The lowest BCUT2D eigenvalue weighted by Crippen LogP contribution is -2.48. The second-order valence-corrected chi connectivity index (χ2v) is 11.1. The van der Waals surface area contributed by atoms with Gasteiger partial charge in [-0.3, -0.25) is 4.79 Å². The maximum absolute atomic E-state index is 13.9. The molecule has 2 saturated heterocycles. The summed E-state index contributed by atoms with van der Waals surface area (Å²) in [6, 6.07) is 19.9. The molecule has 3 N–H and O–H groups in total. The Morgan fingerprint density at radius 2 is 1.67 bits per heavy atom. The van der Waals surface area contributed by atoms with Crippen molar-refractivity contribution >= 4 is 23.3 Å². The van der Waals surface area contributed by atoms with E-state index in [-0.39, 0.29) is 17.5 Å². The van der Waals surface area contributed by atoms with Gasteiger partial charge in [-0.2, -0.15) is 0 Å². The number of piperazine rings is 1. The number of likely N-dealkylation sites (N-methyl/N-ethyl adjacent to an activating group) is 1. The Kier molecular flexibility index (Phi) is 10.2. The molecule has 0 radical (unpaired) electrons. The van der Waals surface area contributed by atoms with E-state index >= 15 is 0 Å². The number of rotatable bonds is 9. The van der Waals surface area contributed by atoms with Gasteiger partial charge < -0.3 is 35.4 Å². The first-order valence-electron chi connectivity index (χ1n) is 15.0. The quantitative estimate of drug-likeness (QED) is 0.391. The molecule has 2 aliphatic rings. The highest BCUT2D eigenvalue weighted by Crippen LogP contribution is 2.33. The number of halogens is 1. The van der Waals surface area contributed by atoms with Gasteiger partial charge in [0.15, 0.2) is 0 Å². The highest BCUT2D eigenvalue weighted by Gasteiger charge is 2.23. The van der Waals surface area contributed by atoms with Crippen molar-refractivity contribution in [1.29, 1.82) is 0 Å². The summed E-state index contributed by atoms with van der Waals surface area (Å²) in [6.07, 6.45) is 0.720. The summed E-state index contributed by atoms with van der Waals surface area (Å²) in [5.74, 6) is -0.817. The lowest BCUT2D eigenvalue weighted by molar-refractivity contribution is 0.0425. The molecule has 0 atom stereocenters. The lowest BCUT2D eigenvalue weighted by atomic mass is 10.0. The van der Waals surface area contributed by atoms with Crippen LogP contribution in [0, 0.1) is 5.82 Å². The average molecular weight is 589 g/mol. The number of nitrogens with zero attached hydrogens (tertiary/aromatic N) is 4. The molecule has 2 aliphatic heterocycles. The third kappa shape index (κ3) is 7.90. The third-order valence-corrected chi connectivity index (χ3v) is 7.99. The number of carbonyl (C=O) groups is 2. The van der Waals surface area contributed by atoms with Gasteiger partial charge in [0.25, 0.3) is 5.91 Å². The van der Waals surface area contributed by atoms with Gasteiger partial charge in [-0.25, -0.2) is 9.18 Å². The van der Waals surface area contributed by atoms with Crippen LogP contribution in [0.15, 0.2) is 66.7 Å². The minimum atomic E-state index is -0.454. The second-order valence-electron chi connectivity index (χ2n) is 11.1. The van der Waals surface area contributed by atoms with Gasteiger partial charge in [-0.15, -0.1) is 0 Å². The van der Waals surface area contributed by atoms with Crippen LogP contribution >= 0.6 is 0 Å². The first kappa shape index (κ1) is 30.5. The van der Waals surface area contributed by atoms with Gasteiger partial charge in [0.1, 0.15) is 5.82 Å². The molecule has 0 aliphatic carbocycles. The van der Waals surface area contributed by atoms with Crippen molar-refractivity contribution < 1.29 is 18.7 Å². The number of anilines is 2. The third-order valence-electron chi connectivity index (χ3n) is 7.99. The molecule has 3 aromatic carbocycles. The van der Waals surface area contributed by atoms with Crippen molar-refractivity contribution in [3.63, 3.8) is 0 Å². The number of amides is 3. The molecular formula is C33H41FN6O3. The Bertz CT molecular complexity index is 1400. The van der Waals surface area contributed by atoms with Crippen LogP contribution in [0.2, 0.25) is 0 Å². The molecule has 9 nitrogen and oxygen atoms in total. The predicted molar refractivity (Wildman–Crippen MR) is 168 cm³/mol. The Balaban J connectivity index is 1.41. The topological polar surface area (TPSA) is 94.4 Å². The van der Waals surface area contributed by atoms with Crippen LogP contribution in [0.1, 0.15) is 22.3 Å². The van der Waals surface area contributed by atoms with Crippen LogP contribution in [0.3, 0.4) is 0 Å². The molecule has 0 unspecified atom stereocenters. The van der Waals surface area contributed by atoms with E-state index in [9.17, 15) is 14.0 Å². The van der Waals surface area contributed by atoms with Crippen LogP contribution in [-0.4, -0.2) is 99.3 Å². The van der Waals surface area contributed by atoms with E-state index in [4.69, 9.17) is 10.5 Å². The van der Waals surface area contributed by atoms with E-state index in [0.717, 1.165) is 55.0 Å². The van der Waals surface area contributed by atoms with Crippen LogP contribution in [0.5, 0.6) is 0 Å². The van der Waals surface area contributed by atoms with Crippen LogP contribution in [0.25, 0.3) is 11.1 Å². The Hall–Kier alpha value is -3.99. The van der Waals surface area contributed by atoms with E-state index in [1.807, 2.05) is 40.1 Å². The van der Waals surface area contributed by atoms with E-state index in [0.29, 0.717) is 51.6 Å². The van der Waals surface area contributed by atoms with Crippen molar-refractivity contribution in [2.45, 2.75) is 13.0 Å². The van der Waals surface area contributed by atoms with Gasteiger partial charge in [0.2, 0.25) is 0 Å². The second kappa shape index (κ2) is 14.5. The molecule has 10 heteroatoms. The number of benzene rings is 3. The molecule has 5 rings (SSSR count). The molecule has 228 valence electrons. The summed E-state index contributed by atoms with van der Waals surface area (Å²) in [5, 5.41) is 3.05. The number of hydrogen-bond donors (Lipinski definition) is 2. The van der Waals surface area contributed by atoms with Crippen molar-refractivity contribution in [2.75, 3.05) is 82.8 Å². The Morgan fingerprint density at radius 3 is 2.42 bits per heavy atom. The van der Waals surface area contributed by atoms with E-state index in [1.165, 1.54) is 18.2 Å². The van der Waals surface area contributed by atoms with Crippen LogP contribution in [0.4, 0.5) is 20.6 Å². The van der Waals surface area contributed by atoms with E-state index in [2.05, 4.69) is 34.3 Å². The van der Waals surface area contributed by atoms with E-state index < -0.39 is 5.82 Å². The molecule has 0 saturated carbocycles. The van der Waals surface area contributed by atoms with Crippen molar-refractivity contribution in [1.82, 2.24) is 14.7 Å². The molecule has 0 spiro atoms. The minimum Gasteiger partial charge on any atom is -0.378 e. The summed E-state index contributed by atoms with van der Waals surface area (Å²) in [6.45, 7) is 7.34. The SMILES string of the molecule is CN1CCN(c2ccc(-c3cccc(CN(CCCN)C(=O)N4CCOCC4)c3)cc2NC(=O)c2cccc(F)c2)CC1. The number of carbonyl (C=O) groups excluding carboxylic acids is 2. The van der Waals surface area contributed by atoms with Crippen molar-refractivity contribution in [3.05, 3.63) is 83.7 Å². The zero-order valence-electron chi connectivity index (χ0n) is 24.8. The molecule has 0 bridgehead atoms. The smallest absolute Gasteiger partial charge is 0.320 e. The summed E-state index contributed by atoms with van der Waals surface area (Å²) < 4.78 is 19.3. The van der Waals surface area contributed by atoms with Gasteiger partial charge in [-0.1, -0.05) is 30.3 Å². The first-order chi connectivity index (χ1) is 20.9. The number of nitrogens with two attached hydrogens (primary N) is 1. The largest absolute Gasteiger partial charge is 0.378 e. The van der Waals surface area contributed by atoms with Gasteiger partial charge in [-0.05, 0) is 73.1 Å². The minimum absolute atomic E-state index is 0.000953. The normalized spacial score (nSPS) is 15.8. The number of ether oxygens (including phenoxy) is 1. The van der Waals surface area contributed by atoms with Crippen LogP contribution < -0.4 is 16.0 Å². The monoisotopic (exact) mass is 588 g/mol. The summed E-state index contributed by atoms with van der Waals surface area (Å²) in [5.41, 5.74) is 10.6. The molecule has 0 aromatic heterocycles. The highest BCUT2D eigenvalue weighted by atomic mass is 19.1. The number of hydrogen-bond acceptors (Lipinski definition) is 6. The molecular weight excluding hydrogens is 547 g/mol. The highest BCUT2D eigenvalue weighted by molar-refractivity contribution is 6.06. The molecule has 3 amide bonds. The van der Waals surface area contributed by atoms with Gasteiger partial charge >= 0.3 is 6.03 Å². The van der Waals surface area contributed by atoms with Crippen molar-refractivity contribution in [3.8, 4) is 11.1 Å². The van der Waals surface area contributed by atoms with Crippen LogP contribution in [-0.2, 0) is 11.3 Å². The Labute approximate surface area is 253 Å². The fraction of sp³-hybridized carbons (Fsp3) is 0.394. The van der Waals surface area contributed by atoms with E-state index in [1.54, 1.807) is 6.07 Å². The zero-order valence-corrected chi connectivity index (χ0v) is 24.8. The summed E-state index contributed by atoms with van der Waals surface area (Å²) in [4.78, 5) is 34.8. The lowest BCUT2D eigenvalue weighted by Gasteiger charge is -2.35. The molecule has 2 heterocycles. The molecule has 2 fully saturated rings. The van der Waals surface area contributed by atoms with Gasteiger partial charge in [0, 0.05) is 57.9 Å². The fourth-order valence-electron chi connectivity index (χ4n) is 5.51. The first-order valence-corrected chi connectivity index (χ1v) is 15.0. The summed E-state index contributed by atoms with van der Waals surface area (Å²) >= 11 is 0. The molecule has 3 aromatic rings. The molecule has 43 heavy (non-hydrogen) atoms. The zero-order chi connectivity index (χ0) is 30.2. The maximum atomic E-state index is 13.9. The fourth-order valence-corrected chi connectivity index (χ4v) is 5.51. The Morgan fingerprint density at radius 1 is 0.930 bits per heavy atom. The standard InChI is InChI=1S/C33H41FN6O3/c1-37-13-15-38(16-14-37)31-10-9-27(23-30(31)36-32(41)28-7-3-8-29(34)22-28)26-6-2-5-25(21-26)24-40(12-4-11-35)33(42)39-17-19-43-20-18-39/h2-3,5-10,21-23H,4,11-20,24,35H2,1H3,(H,36,41). The average Bonchev–Trinajstić information content (AvgIpc) is 3.03.